The Morgan fingerprint density at radius 3 is 2.19 bits per heavy atom. The summed E-state index contributed by atoms with van der Waals surface area (Å²) in [6.45, 7) is 1.77. The van der Waals surface area contributed by atoms with Crippen molar-refractivity contribution in [3.8, 4) is 0 Å². The van der Waals surface area contributed by atoms with E-state index in [1.807, 2.05) is 0 Å². The maximum atomic E-state index is 13.2. The van der Waals surface area contributed by atoms with Crippen LogP contribution < -0.4 is 5.32 Å². The normalized spacial score (nSPS) is 21.9. The summed E-state index contributed by atoms with van der Waals surface area (Å²) in [5.41, 5.74) is 0.854. The predicted octanol–water partition coefficient (Wildman–Crippen LogP) is 2.02. The topological polar surface area (TPSA) is 49.4 Å². The van der Waals surface area contributed by atoms with E-state index >= 15 is 0 Å². The van der Waals surface area contributed by atoms with Gasteiger partial charge in [-0.05, 0) is 49.5 Å². The standard InChI is InChI=1S/C16H19FN2O2/c17-13-3-1-11(2-4-13)16(12-7-9-18-10-8-12)19-14(20)5-6-15(19)21/h1-4,12,16,18H,5-10H2. The number of carbonyl (C=O) groups is 2. The van der Waals surface area contributed by atoms with Crippen LogP contribution in [0.3, 0.4) is 0 Å². The second-order valence-electron chi connectivity index (χ2n) is 5.74. The Kier molecular flexibility index (Phi) is 4.01. The minimum Gasteiger partial charge on any atom is -0.317 e. The Balaban J connectivity index is 1.95. The molecule has 5 heteroatoms. The van der Waals surface area contributed by atoms with Crippen molar-refractivity contribution < 1.29 is 14.0 Å². The summed E-state index contributed by atoms with van der Waals surface area (Å²) in [7, 11) is 0. The summed E-state index contributed by atoms with van der Waals surface area (Å²) in [4.78, 5) is 25.7. The van der Waals surface area contributed by atoms with Crippen LogP contribution in [0.2, 0.25) is 0 Å². The van der Waals surface area contributed by atoms with Crippen LogP contribution in [0.25, 0.3) is 0 Å². The van der Waals surface area contributed by atoms with Crippen molar-refractivity contribution >= 4 is 11.8 Å². The molecule has 1 N–H and O–H groups in total. The van der Waals surface area contributed by atoms with Crippen LogP contribution >= 0.6 is 0 Å². The van der Waals surface area contributed by atoms with Crippen LogP contribution in [0.15, 0.2) is 24.3 Å². The third kappa shape index (κ3) is 2.83. The van der Waals surface area contributed by atoms with Crippen LogP contribution in [0.5, 0.6) is 0 Å². The number of likely N-dealkylation sites (tertiary alicyclic amines) is 1. The van der Waals surface area contributed by atoms with E-state index < -0.39 is 0 Å². The molecule has 2 amide bonds. The van der Waals surface area contributed by atoms with Crippen molar-refractivity contribution in [1.29, 1.82) is 0 Å². The van der Waals surface area contributed by atoms with Gasteiger partial charge in [0.2, 0.25) is 11.8 Å². The van der Waals surface area contributed by atoms with Gasteiger partial charge in [-0.2, -0.15) is 0 Å². The fraction of sp³-hybridized carbons (Fsp3) is 0.500. The molecule has 0 aliphatic carbocycles. The van der Waals surface area contributed by atoms with E-state index in [-0.39, 0.29) is 29.6 Å². The second kappa shape index (κ2) is 5.93. The zero-order chi connectivity index (χ0) is 14.8. The second-order valence-corrected chi connectivity index (χ2v) is 5.74. The Morgan fingerprint density at radius 1 is 1.05 bits per heavy atom. The van der Waals surface area contributed by atoms with Crippen molar-refractivity contribution in [1.82, 2.24) is 10.2 Å². The highest BCUT2D eigenvalue weighted by Gasteiger charge is 2.39. The lowest BCUT2D eigenvalue weighted by atomic mass is 9.85. The van der Waals surface area contributed by atoms with Crippen LogP contribution in [0.1, 0.15) is 37.3 Å². The Hall–Kier alpha value is -1.75. The molecule has 4 nitrogen and oxygen atoms in total. The van der Waals surface area contributed by atoms with Gasteiger partial charge in [0.1, 0.15) is 5.82 Å². The number of imide groups is 1. The van der Waals surface area contributed by atoms with Gasteiger partial charge in [0.05, 0.1) is 6.04 Å². The molecule has 2 aliphatic heterocycles. The lowest BCUT2D eigenvalue weighted by Crippen LogP contribution is -2.41. The smallest absolute Gasteiger partial charge is 0.230 e. The maximum Gasteiger partial charge on any atom is 0.230 e. The van der Waals surface area contributed by atoms with Crippen molar-refractivity contribution in [2.75, 3.05) is 13.1 Å². The molecule has 1 aromatic carbocycles. The fourth-order valence-corrected chi connectivity index (χ4v) is 3.36. The molecule has 2 aliphatic rings. The van der Waals surface area contributed by atoms with Gasteiger partial charge in [0.15, 0.2) is 0 Å². The molecule has 1 atom stereocenters. The highest BCUT2D eigenvalue weighted by Crippen LogP contribution is 2.37. The molecular formula is C16H19FN2O2. The molecule has 0 saturated carbocycles. The predicted molar refractivity (Wildman–Crippen MR) is 75.8 cm³/mol. The molecule has 21 heavy (non-hydrogen) atoms. The van der Waals surface area contributed by atoms with E-state index in [0.29, 0.717) is 12.8 Å². The van der Waals surface area contributed by atoms with Crippen molar-refractivity contribution in [3.05, 3.63) is 35.6 Å². The van der Waals surface area contributed by atoms with Crippen LogP contribution in [-0.2, 0) is 9.59 Å². The van der Waals surface area contributed by atoms with Crippen LogP contribution in [0, 0.1) is 11.7 Å². The van der Waals surface area contributed by atoms with Gasteiger partial charge in [-0.1, -0.05) is 12.1 Å². The number of rotatable bonds is 3. The SMILES string of the molecule is O=C1CCC(=O)N1C(c1ccc(F)cc1)C1CCNCC1. The zero-order valence-corrected chi connectivity index (χ0v) is 11.8. The van der Waals surface area contributed by atoms with Crippen LogP contribution in [-0.4, -0.2) is 29.8 Å². The third-order valence-electron chi connectivity index (χ3n) is 4.41. The van der Waals surface area contributed by atoms with Gasteiger partial charge in [0, 0.05) is 12.8 Å². The van der Waals surface area contributed by atoms with E-state index in [2.05, 4.69) is 5.32 Å². The minimum atomic E-state index is -0.304. The molecule has 3 rings (SSSR count). The van der Waals surface area contributed by atoms with Gasteiger partial charge < -0.3 is 5.32 Å². The first-order valence-corrected chi connectivity index (χ1v) is 7.48. The van der Waals surface area contributed by atoms with E-state index in [1.165, 1.54) is 17.0 Å². The average molecular weight is 290 g/mol. The highest BCUT2D eigenvalue weighted by atomic mass is 19.1. The minimum absolute atomic E-state index is 0.104. The number of nitrogens with one attached hydrogen (secondary N) is 1. The van der Waals surface area contributed by atoms with Gasteiger partial charge in [-0.25, -0.2) is 4.39 Å². The van der Waals surface area contributed by atoms with Crippen molar-refractivity contribution in [2.24, 2.45) is 5.92 Å². The van der Waals surface area contributed by atoms with Gasteiger partial charge in [-0.3, -0.25) is 14.5 Å². The molecule has 1 aromatic rings. The van der Waals surface area contributed by atoms with E-state index in [0.717, 1.165) is 31.5 Å². The third-order valence-corrected chi connectivity index (χ3v) is 4.41. The molecule has 0 bridgehead atoms. The number of carbonyl (C=O) groups excluding carboxylic acids is 2. The van der Waals surface area contributed by atoms with Gasteiger partial charge in [0.25, 0.3) is 0 Å². The monoisotopic (exact) mass is 290 g/mol. The average Bonchev–Trinajstić information content (AvgIpc) is 2.83. The number of piperidine rings is 1. The number of hydrogen-bond donors (Lipinski definition) is 1. The molecule has 112 valence electrons. The Morgan fingerprint density at radius 2 is 1.62 bits per heavy atom. The molecule has 2 heterocycles. The summed E-state index contributed by atoms with van der Waals surface area (Å²) >= 11 is 0. The number of halogens is 1. The van der Waals surface area contributed by atoms with E-state index in [1.54, 1.807) is 12.1 Å². The summed E-state index contributed by atoms with van der Waals surface area (Å²) < 4.78 is 13.2. The first-order valence-electron chi connectivity index (χ1n) is 7.48. The molecular weight excluding hydrogens is 271 g/mol. The summed E-state index contributed by atoms with van der Waals surface area (Å²) in [5, 5.41) is 3.29. The molecule has 2 saturated heterocycles. The lowest BCUT2D eigenvalue weighted by Gasteiger charge is -2.36. The summed E-state index contributed by atoms with van der Waals surface area (Å²) in [5.74, 6) is -0.273. The summed E-state index contributed by atoms with van der Waals surface area (Å²) in [6, 6.07) is 5.93. The largest absolute Gasteiger partial charge is 0.317 e. The Labute approximate surface area is 123 Å². The molecule has 2 fully saturated rings. The van der Waals surface area contributed by atoms with Crippen molar-refractivity contribution in [2.45, 2.75) is 31.7 Å². The van der Waals surface area contributed by atoms with E-state index in [4.69, 9.17) is 0 Å². The molecule has 0 aromatic heterocycles. The molecule has 1 unspecified atom stereocenters. The number of nitrogens with zero attached hydrogens (tertiary/aromatic N) is 1. The quantitative estimate of drug-likeness (QED) is 0.866. The number of hydrogen-bond acceptors (Lipinski definition) is 3. The zero-order valence-electron chi connectivity index (χ0n) is 11.8. The van der Waals surface area contributed by atoms with Gasteiger partial charge in [-0.15, -0.1) is 0 Å². The van der Waals surface area contributed by atoms with E-state index in [9.17, 15) is 14.0 Å². The number of amides is 2. The number of benzene rings is 1. The Bertz CT molecular complexity index is 522. The first kappa shape index (κ1) is 14.2. The maximum absolute atomic E-state index is 13.2. The van der Waals surface area contributed by atoms with Crippen LogP contribution in [0.4, 0.5) is 4.39 Å². The molecule has 0 radical (unpaired) electrons. The van der Waals surface area contributed by atoms with Gasteiger partial charge >= 0.3 is 0 Å². The summed E-state index contributed by atoms with van der Waals surface area (Å²) in [6.07, 6.45) is 2.42. The molecule has 0 spiro atoms. The highest BCUT2D eigenvalue weighted by molar-refractivity contribution is 6.02. The first-order chi connectivity index (χ1) is 10.2. The fourth-order valence-electron chi connectivity index (χ4n) is 3.36. The lowest BCUT2D eigenvalue weighted by molar-refractivity contribution is -0.143. The van der Waals surface area contributed by atoms with Crippen molar-refractivity contribution in [3.63, 3.8) is 0 Å².